The molecule has 0 bridgehead atoms. The van der Waals surface area contributed by atoms with Crippen molar-refractivity contribution in [1.29, 1.82) is 0 Å². The number of rotatable bonds is 10. The summed E-state index contributed by atoms with van der Waals surface area (Å²) in [4.78, 5) is 47.0. The molecule has 36 heavy (non-hydrogen) atoms. The van der Waals surface area contributed by atoms with Gasteiger partial charge in [-0.25, -0.2) is 4.79 Å². The second kappa shape index (κ2) is 12.0. The van der Waals surface area contributed by atoms with E-state index in [-0.39, 0.29) is 49.6 Å². The molecule has 3 rings (SSSR count). The van der Waals surface area contributed by atoms with Gasteiger partial charge < -0.3 is 36.9 Å². The maximum Gasteiger partial charge on any atom is 0.328 e. The van der Waals surface area contributed by atoms with Gasteiger partial charge in [0.1, 0.15) is 17.7 Å². The van der Waals surface area contributed by atoms with E-state index in [9.17, 15) is 14.4 Å². The van der Waals surface area contributed by atoms with Crippen molar-refractivity contribution in [2.24, 2.45) is 0 Å². The smallest absolute Gasteiger partial charge is 0.328 e. The number of aromatic nitrogens is 2. The molecule has 12 heteroatoms. The number of nitrogens with one attached hydrogen (secondary N) is 1. The van der Waals surface area contributed by atoms with Crippen molar-refractivity contribution in [2.75, 3.05) is 48.4 Å². The first-order chi connectivity index (χ1) is 17.2. The van der Waals surface area contributed by atoms with Crippen molar-refractivity contribution >= 4 is 41.1 Å². The van der Waals surface area contributed by atoms with E-state index in [2.05, 4.69) is 20.2 Å². The molecule has 2 atom stereocenters. The molecule has 0 aliphatic carbocycles. The second-order valence-electron chi connectivity index (χ2n) is 8.37. The lowest BCUT2D eigenvalue weighted by Gasteiger charge is -2.20. The van der Waals surface area contributed by atoms with Gasteiger partial charge in [-0.1, -0.05) is 0 Å². The van der Waals surface area contributed by atoms with Crippen LogP contribution in [-0.2, 0) is 19.1 Å². The summed E-state index contributed by atoms with van der Waals surface area (Å²) in [6, 6.07) is 6.07. The average molecular weight is 500 g/mol. The molecule has 2 heterocycles. The number of amides is 1. The lowest BCUT2D eigenvalue weighted by atomic mass is 9.99. The van der Waals surface area contributed by atoms with Crippen LogP contribution in [0, 0.1) is 0 Å². The molecule has 0 saturated carbocycles. The summed E-state index contributed by atoms with van der Waals surface area (Å²) in [7, 11) is 0. The fraction of sp³-hybridized carbons (Fsp3) is 0.458. The van der Waals surface area contributed by atoms with E-state index in [4.69, 9.17) is 26.7 Å². The fourth-order valence-corrected chi connectivity index (χ4v) is 4.22. The zero-order valence-electron chi connectivity index (χ0n) is 20.5. The van der Waals surface area contributed by atoms with E-state index in [0.717, 1.165) is 18.7 Å². The number of nitrogen functional groups attached to an aromatic ring is 3. The van der Waals surface area contributed by atoms with Crippen molar-refractivity contribution < 1.29 is 23.9 Å². The standard InChI is InChI=1S/C24H33N7O5/c1-3-35-18(32)10-9-17(23(34)36-4-2)28-22(33)14-5-7-16(8-6-14)31-12-11-15(13-31)19-20(25)29-24(27)30-21(19)26/h5-8,15,17H,3-4,9-13H2,1-2H3,(H,28,33)(H6,25,26,27,29,30)/t15?,17-/m0/s1. The van der Waals surface area contributed by atoms with E-state index in [1.54, 1.807) is 26.0 Å². The Labute approximate surface area is 209 Å². The Hall–Kier alpha value is -4.09. The van der Waals surface area contributed by atoms with Gasteiger partial charge in [-0.05, 0) is 51.0 Å². The molecule has 7 N–H and O–H groups in total. The quantitative estimate of drug-likeness (QED) is 0.344. The number of carbonyl (C=O) groups excluding carboxylic acids is 3. The molecular formula is C24H33N7O5. The number of nitrogens with zero attached hydrogens (tertiary/aromatic N) is 3. The van der Waals surface area contributed by atoms with E-state index in [0.29, 0.717) is 17.7 Å². The summed E-state index contributed by atoms with van der Waals surface area (Å²) in [6.45, 7) is 5.20. The van der Waals surface area contributed by atoms with Gasteiger partial charge in [0.15, 0.2) is 0 Å². The maximum atomic E-state index is 12.8. The van der Waals surface area contributed by atoms with Gasteiger partial charge in [-0.2, -0.15) is 9.97 Å². The summed E-state index contributed by atoms with van der Waals surface area (Å²) in [5.41, 5.74) is 19.7. The minimum Gasteiger partial charge on any atom is -0.466 e. The summed E-state index contributed by atoms with van der Waals surface area (Å²) < 4.78 is 9.95. The highest BCUT2D eigenvalue weighted by molar-refractivity contribution is 5.97. The molecule has 1 aromatic heterocycles. The zero-order chi connectivity index (χ0) is 26.2. The molecule has 1 aliphatic rings. The Balaban J connectivity index is 1.64. The lowest BCUT2D eigenvalue weighted by molar-refractivity contribution is -0.146. The first kappa shape index (κ1) is 26.5. The molecule has 12 nitrogen and oxygen atoms in total. The topological polar surface area (TPSA) is 189 Å². The molecule has 2 aromatic rings. The molecule has 1 saturated heterocycles. The van der Waals surface area contributed by atoms with Crippen molar-refractivity contribution in [1.82, 2.24) is 15.3 Å². The first-order valence-electron chi connectivity index (χ1n) is 11.9. The monoisotopic (exact) mass is 499 g/mol. The van der Waals surface area contributed by atoms with Crippen LogP contribution in [-0.4, -0.2) is 60.2 Å². The molecule has 0 radical (unpaired) electrons. The summed E-state index contributed by atoms with van der Waals surface area (Å²) in [5.74, 6) is -0.802. The van der Waals surface area contributed by atoms with Crippen LogP contribution in [0.2, 0.25) is 0 Å². The van der Waals surface area contributed by atoms with E-state index in [1.165, 1.54) is 0 Å². The van der Waals surface area contributed by atoms with Crippen molar-refractivity contribution in [3.8, 4) is 0 Å². The number of hydrogen-bond donors (Lipinski definition) is 4. The van der Waals surface area contributed by atoms with Gasteiger partial charge in [0.2, 0.25) is 5.95 Å². The largest absolute Gasteiger partial charge is 0.466 e. The third-order valence-electron chi connectivity index (χ3n) is 5.93. The minimum absolute atomic E-state index is 0.0132. The molecule has 1 aliphatic heterocycles. The van der Waals surface area contributed by atoms with Crippen LogP contribution in [0.4, 0.5) is 23.3 Å². The third-order valence-corrected chi connectivity index (χ3v) is 5.93. The van der Waals surface area contributed by atoms with Crippen LogP contribution in [0.5, 0.6) is 0 Å². The van der Waals surface area contributed by atoms with Gasteiger partial charge in [-0.15, -0.1) is 0 Å². The second-order valence-corrected chi connectivity index (χ2v) is 8.37. The highest BCUT2D eigenvalue weighted by Gasteiger charge is 2.29. The van der Waals surface area contributed by atoms with Crippen LogP contribution in [0.1, 0.15) is 54.9 Å². The number of esters is 2. The minimum atomic E-state index is -0.959. The molecule has 194 valence electrons. The van der Waals surface area contributed by atoms with Gasteiger partial charge >= 0.3 is 11.9 Å². The Kier molecular flexibility index (Phi) is 8.87. The highest BCUT2D eigenvalue weighted by Crippen LogP contribution is 2.35. The number of benzene rings is 1. The Bertz CT molecular complexity index is 1070. The van der Waals surface area contributed by atoms with Gasteiger partial charge in [-0.3, -0.25) is 9.59 Å². The molecule has 1 amide bonds. The van der Waals surface area contributed by atoms with Crippen molar-refractivity contribution in [2.45, 2.75) is 45.1 Å². The summed E-state index contributed by atoms with van der Waals surface area (Å²) in [6.07, 6.45) is 0.879. The molecule has 1 unspecified atom stereocenters. The number of nitrogens with two attached hydrogens (primary N) is 3. The third kappa shape index (κ3) is 6.52. The van der Waals surface area contributed by atoms with Crippen molar-refractivity contribution in [3.63, 3.8) is 0 Å². The molecule has 1 fully saturated rings. The van der Waals surface area contributed by atoms with Gasteiger partial charge in [0, 0.05) is 42.2 Å². The lowest BCUT2D eigenvalue weighted by Crippen LogP contribution is -2.42. The van der Waals surface area contributed by atoms with Crippen LogP contribution in [0.25, 0.3) is 0 Å². The van der Waals surface area contributed by atoms with E-state index >= 15 is 0 Å². The number of hydrogen-bond acceptors (Lipinski definition) is 11. The first-order valence-corrected chi connectivity index (χ1v) is 11.9. The molecule has 1 aromatic carbocycles. The Morgan fingerprint density at radius 2 is 1.69 bits per heavy atom. The molecule has 0 spiro atoms. The van der Waals surface area contributed by atoms with Crippen LogP contribution < -0.4 is 27.4 Å². The van der Waals surface area contributed by atoms with Crippen molar-refractivity contribution in [3.05, 3.63) is 35.4 Å². The zero-order valence-corrected chi connectivity index (χ0v) is 20.5. The summed E-state index contributed by atoms with van der Waals surface area (Å²) in [5, 5.41) is 2.66. The highest BCUT2D eigenvalue weighted by atomic mass is 16.5. The van der Waals surface area contributed by atoms with Gasteiger partial charge in [0.05, 0.1) is 13.2 Å². The normalized spacial score (nSPS) is 15.8. The van der Waals surface area contributed by atoms with Crippen LogP contribution in [0.3, 0.4) is 0 Å². The Morgan fingerprint density at radius 1 is 1.06 bits per heavy atom. The van der Waals surface area contributed by atoms with Crippen LogP contribution >= 0.6 is 0 Å². The number of anilines is 4. The maximum absolute atomic E-state index is 12.8. The Morgan fingerprint density at radius 3 is 2.31 bits per heavy atom. The number of ether oxygens (including phenoxy) is 2. The van der Waals surface area contributed by atoms with E-state index < -0.39 is 23.9 Å². The van der Waals surface area contributed by atoms with E-state index in [1.807, 2.05) is 12.1 Å². The fourth-order valence-electron chi connectivity index (χ4n) is 4.22. The summed E-state index contributed by atoms with van der Waals surface area (Å²) >= 11 is 0. The molecular weight excluding hydrogens is 466 g/mol. The number of carbonyl (C=O) groups is 3. The predicted octanol–water partition coefficient (Wildman–Crippen LogP) is 1.22. The van der Waals surface area contributed by atoms with Gasteiger partial charge in [0.25, 0.3) is 5.91 Å². The predicted molar refractivity (Wildman–Crippen MR) is 135 cm³/mol. The average Bonchev–Trinajstić information content (AvgIpc) is 3.31. The van der Waals surface area contributed by atoms with Crippen LogP contribution in [0.15, 0.2) is 24.3 Å². The SMILES string of the molecule is CCOC(=O)CC[C@H](NC(=O)c1ccc(N2CCC(c3c(N)nc(N)nc3N)C2)cc1)C(=O)OCC.